The molecule has 1 aliphatic carbocycles. The van der Waals surface area contributed by atoms with Gasteiger partial charge >= 0.3 is 0 Å². The molecule has 0 saturated carbocycles. The third-order valence-electron chi connectivity index (χ3n) is 6.09. The molecule has 138 valence electrons. The van der Waals surface area contributed by atoms with Gasteiger partial charge in [-0.05, 0) is 81.6 Å². The molecule has 0 bridgehead atoms. The molecule has 1 unspecified atom stereocenters. The highest BCUT2D eigenvalue weighted by Gasteiger charge is 2.23. The van der Waals surface area contributed by atoms with Crippen molar-refractivity contribution in [2.75, 3.05) is 32.8 Å². The lowest BCUT2D eigenvalue weighted by Crippen LogP contribution is -2.37. The molecule has 2 aliphatic heterocycles. The summed E-state index contributed by atoms with van der Waals surface area (Å²) in [5.74, 6) is 1.13. The van der Waals surface area contributed by atoms with Crippen LogP contribution in [0.1, 0.15) is 61.3 Å². The zero-order valence-corrected chi connectivity index (χ0v) is 15.3. The van der Waals surface area contributed by atoms with Crippen molar-refractivity contribution in [2.24, 2.45) is 0 Å². The van der Waals surface area contributed by atoms with E-state index in [1.165, 1.54) is 43.2 Å². The molecular weight excluding hydrogens is 312 g/mol. The van der Waals surface area contributed by atoms with Crippen molar-refractivity contribution >= 4 is 0 Å². The number of likely N-dealkylation sites (tertiary alicyclic amines) is 1. The van der Waals surface area contributed by atoms with Crippen LogP contribution in [0.2, 0.25) is 0 Å². The fourth-order valence-electron chi connectivity index (χ4n) is 4.58. The minimum Gasteiger partial charge on any atom is -0.493 e. The van der Waals surface area contributed by atoms with Gasteiger partial charge in [-0.3, -0.25) is 0 Å². The first-order valence-electron chi connectivity index (χ1n) is 10.2. The van der Waals surface area contributed by atoms with Gasteiger partial charge in [-0.2, -0.15) is 0 Å². The Kier molecular flexibility index (Phi) is 5.59. The number of aliphatic hydroxyl groups excluding tert-OH is 1. The molecule has 0 amide bonds. The Bertz CT molecular complexity index is 582. The molecule has 2 heterocycles. The van der Waals surface area contributed by atoms with Crippen LogP contribution in [-0.2, 0) is 12.8 Å². The Morgan fingerprint density at radius 1 is 1.08 bits per heavy atom. The van der Waals surface area contributed by atoms with Crippen LogP contribution in [0.5, 0.6) is 5.75 Å². The van der Waals surface area contributed by atoms with E-state index in [0.29, 0.717) is 6.04 Å². The van der Waals surface area contributed by atoms with Crippen molar-refractivity contribution in [2.45, 2.75) is 63.5 Å². The lowest BCUT2D eigenvalue weighted by molar-refractivity contribution is 0.0820. The van der Waals surface area contributed by atoms with E-state index in [4.69, 9.17) is 4.74 Å². The highest BCUT2D eigenvalue weighted by Crippen LogP contribution is 2.36. The summed E-state index contributed by atoms with van der Waals surface area (Å²) in [4.78, 5) is 2.49. The Morgan fingerprint density at radius 2 is 1.88 bits per heavy atom. The second-order valence-corrected chi connectivity index (χ2v) is 7.94. The number of hydrogen-bond donors (Lipinski definition) is 2. The third kappa shape index (κ3) is 4.18. The van der Waals surface area contributed by atoms with Crippen molar-refractivity contribution in [3.63, 3.8) is 0 Å². The van der Waals surface area contributed by atoms with Crippen LogP contribution in [0.25, 0.3) is 0 Å². The second-order valence-electron chi connectivity index (χ2n) is 7.94. The second kappa shape index (κ2) is 8.07. The van der Waals surface area contributed by atoms with Crippen LogP contribution in [0.3, 0.4) is 0 Å². The van der Waals surface area contributed by atoms with Crippen LogP contribution >= 0.6 is 0 Å². The molecule has 0 aromatic heterocycles. The average Bonchev–Trinajstić information content (AvgIpc) is 2.99. The van der Waals surface area contributed by atoms with E-state index in [2.05, 4.69) is 22.3 Å². The van der Waals surface area contributed by atoms with Gasteiger partial charge in [-0.1, -0.05) is 6.07 Å². The number of hydrogen-bond acceptors (Lipinski definition) is 4. The van der Waals surface area contributed by atoms with Gasteiger partial charge in [0.2, 0.25) is 0 Å². The third-order valence-corrected chi connectivity index (χ3v) is 6.09. The summed E-state index contributed by atoms with van der Waals surface area (Å²) >= 11 is 0. The summed E-state index contributed by atoms with van der Waals surface area (Å²) in [7, 11) is 0. The molecule has 1 saturated heterocycles. The van der Waals surface area contributed by atoms with Crippen LogP contribution < -0.4 is 10.1 Å². The summed E-state index contributed by atoms with van der Waals surface area (Å²) < 4.78 is 6.04. The van der Waals surface area contributed by atoms with Crippen molar-refractivity contribution in [3.8, 4) is 5.75 Å². The zero-order chi connectivity index (χ0) is 17.1. The van der Waals surface area contributed by atoms with Gasteiger partial charge in [0.25, 0.3) is 0 Å². The average molecular weight is 344 g/mol. The quantitative estimate of drug-likeness (QED) is 0.806. The molecule has 0 radical (unpaired) electrons. The molecule has 0 spiro atoms. The summed E-state index contributed by atoms with van der Waals surface area (Å²) in [6.45, 7) is 5.14. The zero-order valence-electron chi connectivity index (χ0n) is 15.3. The van der Waals surface area contributed by atoms with E-state index >= 15 is 0 Å². The number of ether oxygens (including phenoxy) is 1. The predicted octanol–water partition coefficient (Wildman–Crippen LogP) is 2.83. The summed E-state index contributed by atoms with van der Waals surface area (Å²) in [5.41, 5.74) is 4.44. The number of fused-ring (bicyclic) bond motifs is 2. The molecule has 25 heavy (non-hydrogen) atoms. The van der Waals surface area contributed by atoms with Gasteiger partial charge in [0.15, 0.2) is 0 Å². The number of nitrogens with one attached hydrogen (secondary N) is 1. The molecule has 4 rings (SSSR count). The van der Waals surface area contributed by atoms with Gasteiger partial charge in [0, 0.05) is 24.7 Å². The number of aryl methyl sites for hydroxylation is 2. The van der Waals surface area contributed by atoms with Crippen molar-refractivity contribution in [1.29, 1.82) is 0 Å². The molecule has 4 nitrogen and oxygen atoms in total. The number of piperidine rings is 1. The van der Waals surface area contributed by atoms with Crippen molar-refractivity contribution in [1.82, 2.24) is 10.2 Å². The molecule has 1 fully saturated rings. The smallest absolute Gasteiger partial charge is 0.124 e. The molecule has 1 aromatic rings. The van der Waals surface area contributed by atoms with Crippen LogP contribution in [0.15, 0.2) is 12.1 Å². The molecule has 4 heteroatoms. The van der Waals surface area contributed by atoms with E-state index in [0.717, 1.165) is 57.8 Å². The van der Waals surface area contributed by atoms with Crippen molar-refractivity contribution < 1.29 is 9.84 Å². The Labute approximate surface area is 151 Å². The highest BCUT2D eigenvalue weighted by atomic mass is 16.5. The minimum absolute atomic E-state index is 0.0707. The fraction of sp³-hybridized carbons (Fsp3) is 0.714. The van der Waals surface area contributed by atoms with Crippen LogP contribution in [-0.4, -0.2) is 48.9 Å². The van der Waals surface area contributed by atoms with Gasteiger partial charge in [-0.25, -0.2) is 0 Å². The topological polar surface area (TPSA) is 44.7 Å². The molecule has 1 aromatic carbocycles. The maximum Gasteiger partial charge on any atom is 0.124 e. The summed E-state index contributed by atoms with van der Waals surface area (Å²) in [6, 6.07) is 5.18. The predicted molar refractivity (Wildman–Crippen MR) is 100 cm³/mol. The van der Waals surface area contributed by atoms with Gasteiger partial charge in [0.1, 0.15) is 5.75 Å². The monoisotopic (exact) mass is 344 g/mol. The molecule has 1 atom stereocenters. The first-order chi connectivity index (χ1) is 12.3. The minimum atomic E-state index is -0.0707. The van der Waals surface area contributed by atoms with Crippen LogP contribution in [0, 0.1) is 0 Å². The van der Waals surface area contributed by atoms with E-state index < -0.39 is 0 Å². The Hall–Kier alpha value is -1.10. The van der Waals surface area contributed by atoms with Crippen molar-refractivity contribution in [3.05, 3.63) is 28.8 Å². The standard InChI is InChI=1S/C21H32N2O2/c24-18-7-11-23(12-8-18)10-3-9-22-20-6-2-13-25-21-15-17-5-1-4-16(17)14-19(20)21/h14-15,18,20,22,24H,1-13H2. The van der Waals surface area contributed by atoms with E-state index in [-0.39, 0.29) is 6.10 Å². The maximum atomic E-state index is 9.60. The molecular formula is C21H32N2O2. The first-order valence-corrected chi connectivity index (χ1v) is 10.2. The first kappa shape index (κ1) is 17.3. The SMILES string of the molecule is OC1CCN(CCCNC2CCCOc3cc4c(cc32)CCC4)CC1. The number of nitrogens with zero attached hydrogens (tertiary/aromatic N) is 1. The highest BCUT2D eigenvalue weighted by molar-refractivity contribution is 5.46. The molecule has 3 aliphatic rings. The largest absolute Gasteiger partial charge is 0.493 e. The fourth-order valence-corrected chi connectivity index (χ4v) is 4.58. The number of benzene rings is 1. The summed E-state index contributed by atoms with van der Waals surface area (Å²) in [6.07, 6.45) is 9.01. The van der Waals surface area contributed by atoms with E-state index in [1.54, 1.807) is 5.56 Å². The van der Waals surface area contributed by atoms with E-state index in [1.807, 2.05) is 0 Å². The van der Waals surface area contributed by atoms with Gasteiger partial charge in [-0.15, -0.1) is 0 Å². The lowest BCUT2D eigenvalue weighted by atomic mass is 9.97. The summed E-state index contributed by atoms with van der Waals surface area (Å²) in [5, 5.41) is 13.4. The lowest BCUT2D eigenvalue weighted by Gasteiger charge is -2.29. The van der Waals surface area contributed by atoms with Gasteiger partial charge < -0.3 is 20.1 Å². The number of rotatable bonds is 5. The Morgan fingerprint density at radius 3 is 2.72 bits per heavy atom. The molecule has 2 N–H and O–H groups in total. The van der Waals surface area contributed by atoms with Crippen LogP contribution in [0.4, 0.5) is 0 Å². The maximum absolute atomic E-state index is 9.60. The number of aliphatic hydroxyl groups is 1. The normalized spacial score (nSPS) is 24.4. The van der Waals surface area contributed by atoms with Gasteiger partial charge in [0.05, 0.1) is 12.7 Å². The van der Waals surface area contributed by atoms with E-state index in [9.17, 15) is 5.11 Å². The Balaban J connectivity index is 1.32.